The molecule has 1 aromatic heterocycles. The van der Waals surface area contributed by atoms with Crippen LogP contribution >= 0.6 is 0 Å². The third kappa shape index (κ3) is 2.45. The van der Waals surface area contributed by atoms with Crippen molar-refractivity contribution in [3.63, 3.8) is 0 Å². The van der Waals surface area contributed by atoms with Crippen LogP contribution in [0.5, 0.6) is 0 Å². The maximum atomic E-state index is 12.5. The fourth-order valence-electron chi connectivity index (χ4n) is 4.62. The highest BCUT2D eigenvalue weighted by Gasteiger charge is 2.51. The number of nitrogens with zero attached hydrogens (tertiary/aromatic N) is 1. The first kappa shape index (κ1) is 15.0. The van der Waals surface area contributed by atoms with Crippen molar-refractivity contribution in [2.75, 3.05) is 19.6 Å². The van der Waals surface area contributed by atoms with Crippen LogP contribution in [0.3, 0.4) is 0 Å². The molecule has 2 amide bonds. The fraction of sp³-hybridized carbons (Fsp3) is 0.450. The highest BCUT2D eigenvalue weighted by Crippen LogP contribution is 2.43. The minimum absolute atomic E-state index is 0.0597. The Morgan fingerprint density at radius 2 is 2.04 bits per heavy atom. The van der Waals surface area contributed by atoms with E-state index >= 15 is 0 Å². The Bertz CT molecular complexity index is 836. The number of rotatable bonds is 3. The van der Waals surface area contributed by atoms with Crippen LogP contribution in [0.4, 0.5) is 4.79 Å². The van der Waals surface area contributed by atoms with Crippen LogP contribution in [0.25, 0.3) is 10.9 Å². The summed E-state index contributed by atoms with van der Waals surface area (Å²) in [5.74, 6) is 0.968. The normalized spacial score (nSPS) is 29.6. The number of aromatic nitrogens is 1. The number of hydrogen-bond donors (Lipinski definition) is 2. The summed E-state index contributed by atoms with van der Waals surface area (Å²) in [4.78, 5) is 17.8. The molecule has 0 radical (unpaired) electrons. The standard InChI is InChI=1S/C20H23N3O2/c1-12-2-3-14-13(9-22-17(14)8-12)6-7-21-20(24)23-10-15-16(11-23)19-5-4-18(15)25-19/h2-5,8-9,15-16,18-19,22H,6-7,10-11H2,1H3,(H,21,24)/t15-,16+,18-,19-/m1/s1. The topological polar surface area (TPSA) is 57.4 Å². The first-order valence-corrected chi connectivity index (χ1v) is 9.12. The van der Waals surface area contributed by atoms with Crippen LogP contribution in [0, 0.1) is 18.8 Å². The zero-order valence-electron chi connectivity index (χ0n) is 14.4. The predicted molar refractivity (Wildman–Crippen MR) is 96.5 cm³/mol. The lowest BCUT2D eigenvalue weighted by molar-refractivity contribution is 0.0883. The first-order valence-electron chi connectivity index (χ1n) is 9.12. The monoisotopic (exact) mass is 337 g/mol. The Balaban J connectivity index is 1.17. The van der Waals surface area contributed by atoms with E-state index in [1.54, 1.807) is 0 Å². The van der Waals surface area contributed by atoms with Crippen molar-refractivity contribution in [1.29, 1.82) is 0 Å². The molecule has 2 N–H and O–H groups in total. The molecule has 2 bridgehead atoms. The largest absolute Gasteiger partial charge is 0.366 e. The van der Waals surface area contributed by atoms with Crippen LogP contribution in [0.1, 0.15) is 11.1 Å². The summed E-state index contributed by atoms with van der Waals surface area (Å²) < 4.78 is 5.87. The molecule has 0 saturated carbocycles. The number of ether oxygens (including phenoxy) is 1. The van der Waals surface area contributed by atoms with E-state index in [4.69, 9.17) is 4.74 Å². The second kappa shape index (κ2) is 5.63. The van der Waals surface area contributed by atoms with Gasteiger partial charge in [-0.2, -0.15) is 0 Å². The highest BCUT2D eigenvalue weighted by molar-refractivity contribution is 5.84. The molecule has 2 aromatic rings. The lowest BCUT2D eigenvalue weighted by Crippen LogP contribution is -2.40. The quantitative estimate of drug-likeness (QED) is 0.846. The smallest absolute Gasteiger partial charge is 0.317 e. The Morgan fingerprint density at radius 1 is 1.28 bits per heavy atom. The van der Waals surface area contributed by atoms with Gasteiger partial charge in [0, 0.05) is 48.6 Å². The molecule has 4 heterocycles. The van der Waals surface area contributed by atoms with E-state index in [1.165, 1.54) is 16.5 Å². The summed E-state index contributed by atoms with van der Waals surface area (Å²) in [7, 11) is 0. The Morgan fingerprint density at radius 3 is 2.80 bits per heavy atom. The minimum Gasteiger partial charge on any atom is -0.366 e. The summed E-state index contributed by atoms with van der Waals surface area (Å²) in [6, 6.07) is 6.50. The van der Waals surface area contributed by atoms with Crippen LogP contribution in [0.15, 0.2) is 36.5 Å². The van der Waals surface area contributed by atoms with E-state index in [-0.39, 0.29) is 18.2 Å². The van der Waals surface area contributed by atoms with Crippen LogP contribution in [0.2, 0.25) is 0 Å². The molecule has 3 aliphatic heterocycles. The number of H-pyrrole nitrogens is 1. The van der Waals surface area contributed by atoms with Crippen molar-refractivity contribution in [3.8, 4) is 0 Å². The minimum atomic E-state index is 0.0597. The van der Waals surface area contributed by atoms with E-state index < -0.39 is 0 Å². The van der Waals surface area contributed by atoms with Crippen molar-refractivity contribution in [3.05, 3.63) is 47.7 Å². The molecule has 5 nitrogen and oxygen atoms in total. The summed E-state index contributed by atoms with van der Waals surface area (Å²) in [5, 5.41) is 4.34. The van der Waals surface area contributed by atoms with E-state index in [9.17, 15) is 4.79 Å². The van der Waals surface area contributed by atoms with E-state index in [1.807, 2.05) is 4.90 Å². The number of carbonyl (C=O) groups excluding carboxylic acids is 1. The number of urea groups is 1. The number of likely N-dealkylation sites (tertiary alicyclic amines) is 1. The van der Waals surface area contributed by atoms with Crippen molar-refractivity contribution < 1.29 is 9.53 Å². The molecule has 0 aliphatic carbocycles. The van der Waals surface area contributed by atoms with Crippen LogP contribution in [-0.4, -0.2) is 47.8 Å². The van der Waals surface area contributed by atoms with Gasteiger partial charge in [0.15, 0.2) is 0 Å². The van der Waals surface area contributed by atoms with Crippen LogP contribution in [-0.2, 0) is 11.2 Å². The van der Waals surface area contributed by atoms with Gasteiger partial charge >= 0.3 is 6.03 Å². The number of fused-ring (bicyclic) bond motifs is 6. The number of aromatic amines is 1. The Hall–Kier alpha value is -2.27. The van der Waals surface area contributed by atoms with Crippen LogP contribution < -0.4 is 5.32 Å². The number of benzene rings is 1. The molecule has 5 heteroatoms. The lowest BCUT2D eigenvalue weighted by Gasteiger charge is -2.19. The fourth-order valence-corrected chi connectivity index (χ4v) is 4.62. The third-order valence-electron chi connectivity index (χ3n) is 5.94. The Labute approximate surface area is 147 Å². The molecule has 0 unspecified atom stereocenters. The summed E-state index contributed by atoms with van der Waals surface area (Å²) in [6.45, 7) is 4.38. The van der Waals surface area contributed by atoms with Gasteiger partial charge in [0.05, 0.1) is 12.2 Å². The molecular formula is C20H23N3O2. The number of hydrogen-bond acceptors (Lipinski definition) is 2. The van der Waals surface area contributed by atoms with Crippen molar-refractivity contribution in [2.45, 2.75) is 25.6 Å². The van der Waals surface area contributed by atoms with Gasteiger partial charge in [-0.3, -0.25) is 0 Å². The summed E-state index contributed by atoms with van der Waals surface area (Å²) in [6.07, 6.45) is 7.66. The molecule has 2 saturated heterocycles. The van der Waals surface area contributed by atoms with E-state index in [2.05, 4.69) is 53.8 Å². The molecule has 3 aliphatic rings. The van der Waals surface area contributed by atoms with Gasteiger partial charge in [0.25, 0.3) is 0 Å². The Kier molecular flexibility index (Phi) is 3.38. The van der Waals surface area contributed by atoms with E-state index in [0.717, 1.165) is 25.0 Å². The molecule has 4 atom stereocenters. The maximum absolute atomic E-state index is 12.5. The van der Waals surface area contributed by atoms with Crippen molar-refractivity contribution in [2.24, 2.45) is 11.8 Å². The molecule has 1 aromatic carbocycles. The van der Waals surface area contributed by atoms with Crippen molar-refractivity contribution in [1.82, 2.24) is 15.2 Å². The first-order chi connectivity index (χ1) is 12.2. The van der Waals surface area contributed by atoms with E-state index in [0.29, 0.717) is 18.4 Å². The zero-order chi connectivity index (χ0) is 17.0. The average molecular weight is 337 g/mol. The molecule has 25 heavy (non-hydrogen) atoms. The molecule has 2 fully saturated rings. The highest BCUT2D eigenvalue weighted by atomic mass is 16.5. The maximum Gasteiger partial charge on any atom is 0.317 e. The van der Waals surface area contributed by atoms with Crippen molar-refractivity contribution >= 4 is 16.9 Å². The summed E-state index contributed by atoms with van der Waals surface area (Å²) >= 11 is 0. The third-order valence-corrected chi connectivity index (χ3v) is 5.94. The lowest BCUT2D eigenvalue weighted by atomic mass is 9.86. The molecule has 130 valence electrons. The van der Waals surface area contributed by atoms with Gasteiger partial charge in [0.1, 0.15) is 0 Å². The molecular weight excluding hydrogens is 314 g/mol. The van der Waals surface area contributed by atoms with Gasteiger partial charge in [-0.15, -0.1) is 0 Å². The zero-order valence-corrected chi connectivity index (χ0v) is 14.4. The number of carbonyl (C=O) groups is 1. The molecule has 0 spiro atoms. The second-order valence-electron chi connectivity index (χ2n) is 7.53. The van der Waals surface area contributed by atoms with Gasteiger partial charge in [-0.25, -0.2) is 4.79 Å². The van der Waals surface area contributed by atoms with Gasteiger partial charge in [-0.1, -0.05) is 24.3 Å². The average Bonchev–Trinajstić information content (AvgIpc) is 3.35. The summed E-state index contributed by atoms with van der Waals surface area (Å²) in [5.41, 5.74) is 3.67. The number of aryl methyl sites for hydroxylation is 1. The van der Waals surface area contributed by atoms with Gasteiger partial charge in [-0.05, 0) is 30.5 Å². The number of amides is 2. The van der Waals surface area contributed by atoms with Gasteiger partial charge < -0.3 is 19.9 Å². The SMILES string of the molecule is Cc1ccc2c(CCNC(=O)N3C[C@@H]4[C@H](C3)[C@H]3C=C[C@H]4O3)c[nH]c2c1. The predicted octanol–water partition coefficient (Wildman–Crippen LogP) is 2.61. The number of nitrogens with one attached hydrogen (secondary N) is 2. The second-order valence-corrected chi connectivity index (χ2v) is 7.53. The molecule has 5 rings (SSSR count). The van der Waals surface area contributed by atoms with Gasteiger partial charge in [0.2, 0.25) is 0 Å².